The molecule has 114 valence electrons. The van der Waals surface area contributed by atoms with Crippen LogP contribution in [0.25, 0.3) is 17.1 Å². The molecule has 1 aliphatic heterocycles. The number of para-hydroxylation sites is 2. The Morgan fingerprint density at radius 2 is 2.09 bits per heavy atom. The minimum atomic E-state index is -0.336. The lowest BCUT2D eigenvalue weighted by Crippen LogP contribution is -2.28. The number of hydrogen-bond donors (Lipinski definition) is 1. The molecule has 0 bridgehead atoms. The summed E-state index contributed by atoms with van der Waals surface area (Å²) in [5.41, 5.74) is 1.68. The van der Waals surface area contributed by atoms with Crippen LogP contribution in [-0.4, -0.2) is 26.0 Å². The van der Waals surface area contributed by atoms with Crippen LogP contribution in [0.15, 0.2) is 52.0 Å². The fourth-order valence-corrected chi connectivity index (χ4v) is 3.19. The molecule has 1 aromatic carbocycles. The molecule has 1 aliphatic rings. The summed E-state index contributed by atoms with van der Waals surface area (Å²) in [4.78, 5) is 33.5. The number of aromatic amines is 1. The highest BCUT2D eigenvalue weighted by molar-refractivity contribution is 8.18. The van der Waals surface area contributed by atoms with Crippen LogP contribution in [0.1, 0.15) is 11.6 Å². The number of imide groups is 1. The van der Waals surface area contributed by atoms with E-state index >= 15 is 0 Å². The van der Waals surface area contributed by atoms with Crippen LogP contribution in [0.5, 0.6) is 0 Å². The van der Waals surface area contributed by atoms with E-state index in [1.807, 2.05) is 24.3 Å². The Balaban J connectivity index is 1.59. The molecule has 3 heterocycles. The molecule has 7 heteroatoms. The lowest BCUT2D eigenvalue weighted by Gasteiger charge is -2.09. The van der Waals surface area contributed by atoms with Gasteiger partial charge < -0.3 is 9.40 Å². The summed E-state index contributed by atoms with van der Waals surface area (Å²) in [6, 6.07) is 11.0. The summed E-state index contributed by atoms with van der Waals surface area (Å²) >= 11 is 0.903. The molecule has 1 N–H and O–H groups in total. The van der Waals surface area contributed by atoms with Gasteiger partial charge in [0.05, 0.1) is 28.7 Å². The maximum absolute atomic E-state index is 12.4. The standard InChI is InChI=1S/C16H11N3O3S/c20-15-13(8-10-4-3-7-22-10)23-16(21)19(15)9-14-17-11-5-1-2-6-12(11)18-14/h1-8H,9H2,(H,17,18)/b13-8+. The number of nitrogens with one attached hydrogen (secondary N) is 1. The number of hydrogen-bond acceptors (Lipinski definition) is 5. The van der Waals surface area contributed by atoms with Gasteiger partial charge in [0.25, 0.3) is 11.1 Å². The molecule has 1 saturated heterocycles. The molecule has 2 aromatic heterocycles. The van der Waals surface area contributed by atoms with Gasteiger partial charge in [0, 0.05) is 6.08 Å². The van der Waals surface area contributed by atoms with Gasteiger partial charge in [-0.1, -0.05) is 12.1 Å². The zero-order valence-corrected chi connectivity index (χ0v) is 12.7. The highest BCUT2D eigenvalue weighted by Gasteiger charge is 2.35. The molecule has 0 radical (unpaired) electrons. The van der Waals surface area contributed by atoms with E-state index in [1.54, 1.807) is 18.2 Å². The zero-order valence-electron chi connectivity index (χ0n) is 11.9. The second kappa shape index (κ2) is 5.44. The van der Waals surface area contributed by atoms with Crippen molar-refractivity contribution >= 4 is 40.0 Å². The molecule has 0 unspecified atom stereocenters. The number of aromatic nitrogens is 2. The second-order valence-electron chi connectivity index (χ2n) is 4.98. The Morgan fingerprint density at radius 3 is 2.87 bits per heavy atom. The van der Waals surface area contributed by atoms with Crippen LogP contribution < -0.4 is 0 Å². The molecule has 0 saturated carbocycles. The van der Waals surface area contributed by atoms with Crippen LogP contribution in [0.2, 0.25) is 0 Å². The van der Waals surface area contributed by atoms with Crippen molar-refractivity contribution in [3.05, 3.63) is 59.2 Å². The van der Waals surface area contributed by atoms with Gasteiger partial charge >= 0.3 is 0 Å². The van der Waals surface area contributed by atoms with Crippen molar-refractivity contribution in [1.82, 2.24) is 14.9 Å². The predicted molar refractivity (Wildman–Crippen MR) is 86.3 cm³/mol. The van der Waals surface area contributed by atoms with Crippen molar-refractivity contribution in [2.75, 3.05) is 0 Å². The quantitative estimate of drug-likeness (QED) is 0.747. The topological polar surface area (TPSA) is 79.2 Å². The Labute approximate surface area is 135 Å². The van der Waals surface area contributed by atoms with Gasteiger partial charge in [-0.3, -0.25) is 14.5 Å². The SMILES string of the molecule is O=C1S/C(=C/c2ccco2)C(=O)N1Cc1nc2ccccc2[nH]1. The first-order valence-electron chi connectivity index (χ1n) is 6.93. The van der Waals surface area contributed by atoms with Gasteiger partial charge in [-0.25, -0.2) is 4.98 Å². The number of benzene rings is 1. The Kier molecular flexibility index (Phi) is 3.27. The minimum Gasteiger partial charge on any atom is -0.465 e. The predicted octanol–water partition coefficient (Wildman–Crippen LogP) is 3.39. The highest BCUT2D eigenvalue weighted by atomic mass is 32.2. The van der Waals surface area contributed by atoms with E-state index in [-0.39, 0.29) is 17.7 Å². The average molecular weight is 325 g/mol. The van der Waals surface area contributed by atoms with Crippen LogP contribution in [0, 0.1) is 0 Å². The summed E-state index contributed by atoms with van der Waals surface area (Å²) in [5.74, 6) is 0.781. The number of amides is 2. The number of imidazole rings is 1. The van der Waals surface area contributed by atoms with Gasteiger partial charge in [-0.05, 0) is 36.0 Å². The first-order chi connectivity index (χ1) is 11.2. The second-order valence-corrected chi connectivity index (χ2v) is 5.98. The van der Waals surface area contributed by atoms with E-state index in [2.05, 4.69) is 9.97 Å². The molecule has 0 atom stereocenters. The van der Waals surface area contributed by atoms with E-state index in [9.17, 15) is 9.59 Å². The molecular weight excluding hydrogens is 314 g/mol. The smallest absolute Gasteiger partial charge is 0.293 e. The number of nitrogens with zero attached hydrogens (tertiary/aromatic N) is 2. The first-order valence-corrected chi connectivity index (χ1v) is 7.75. The largest absolute Gasteiger partial charge is 0.465 e. The third kappa shape index (κ3) is 2.55. The molecule has 0 aliphatic carbocycles. The molecule has 23 heavy (non-hydrogen) atoms. The number of thioether (sulfide) groups is 1. The summed E-state index contributed by atoms with van der Waals surface area (Å²) in [5, 5.41) is -0.312. The molecule has 4 rings (SSSR count). The number of H-pyrrole nitrogens is 1. The van der Waals surface area contributed by atoms with Gasteiger partial charge in [0.1, 0.15) is 11.6 Å². The van der Waals surface area contributed by atoms with Crippen molar-refractivity contribution in [1.29, 1.82) is 0 Å². The minimum absolute atomic E-state index is 0.120. The molecule has 1 fully saturated rings. The van der Waals surface area contributed by atoms with E-state index in [4.69, 9.17) is 4.42 Å². The Hall–Kier alpha value is -2.80. The number of carbonyl (C=O) groups is 2. The summed E-state index contributed by atoms with van der Waals surface area (Å²) in [7, 11) is 0. The molecule has 2 amide bonds. The normalized spacial score (nSPS) is 16.9. The van der Waals surface area contributed by atoms with Gasteiger partial charge in [-0.2, -0.15) is 0 Å². The average Bonchev–Trinajstić information content (AvgIpc) is 3.24. The number of carbonyl (C=O) groups excluding carboxylic acids is 2. The lowest BCUT2D eigenvalue weighted by atomic mass is 10.3. The Bertz CT molecular complexity index is 894. The van der Waals surface area contributed by atoms with E-state index in [0.29, 0.717) is 16.5 Å². The van der Waals surface area contributed by atoms with Gasteiger partial charge in [0.15, 0.2) is 0 Å². The van der Waals surface area contributed by atoms with Gasteiger partial charge in [-0.15, -0.1) is 0 Å². The van der Waals surface area contributed by atoms with Crippen LogP contribution in [0.4, 0.5) is 4.79 Å². The summed E-state index contributed by atoms with van der Waals surface area (Å²) in [6.45, 7) is 0.120. The Morgan fingerprint density at radius 1 is 1.22 bits per heavy atom. The third-order valence-corrected chi connectivity index (χ3v) is 4.34. The van der Waals surface area contributed by atoms with E-state index < -0.39 is 0 Å². The number of fused-ring (bicyclic) bond motifs is 1. The third-order valence-electron chi connectivity index (χ3n) is 3.44. The van der Waals surface area contributed by atoms with Crippen molar-refractivity contribution in [3.8, 4) is 0 Å². The summed E-state index contributed by atoms with van der Waals surface area (Å²) < 4.78 is 5.18. The van der Waals surface area contributed by atoms with E-state index in [1.165, 1.54) is 11.2 Å². The summed E-state index contributed by atoms with van der Waals surface area (Å²) in [6.07, 6.45) is 3.09. The van der Waals surface area contributed by atoms with Gasteiger partial charge in [0.2, 0.25) is 0 Å². The molecule has 6 nitrogen and oxygen atoms in total. The zero-order chi connectivity index (χ0) is 15.8. The fourth-order valence-electron chi connectivity index (χ4n) is 2.37. The van der Waals surface area contributed by atoms with E-state index in [0.717, 1.165) is 22.8 Å². The first kappa shape index (κ1) is 13.8. The van der Waals surface area contributed by atoms with Crippen LogP contribution >= 0.6 is 11.8 Å². The lowest BCUT2D eigenvalue weighted by molar-refractivity contribution is -0.123. The molecule has 3 aromatic rings. The van der Waals surface area contributed by atoms with Crippen molar-refractivity contribution in [2.24, 2.45) is 0 Å². The van der Waals surface area contributed by atoms with Crippen molar-refractivity contribution in [2.45, 2.75) is 6.54 Å². The number of rotatable bonds is 3. The molecular formula is C16H11N3O3S. The maximum Gasteiger partial charge on any atom is 0.293 e. The highest BCUT2D eigenvalue weighted by Crippen LogP contribution is 2.33. The number of furan rings is 1. The van der Waals surface area contributed by atoms with Crippen molar-refractivity contribution < 1.29 is 14.0 Å². The van der Waals surface area contributed by atoms with Crippen LogP contribution in [0.3, 0.4) is 0 Å². The maximum atomic E-state index is 12.4. The van der Waals surface area contributed by atoms with Crippen LogP contribution in [-0.2, 0) is 11.3 Å². The monoisotopic (exact) mass is 325 g/mol. The molecule has 0 spiro atoms. The van der Waals surface area contributed by atoms with Crippen molar-refractivity contribution in [3.63, 3.8) is 0 Å². The fraction of sp³-hybridized carbons (Fsp3) is 0.0625.